The highest BCUT2D eigenvalue weighted by Gasteiger charge is 2.22. The van der Waals surface area contributed by atoms with Crippen molar-refractivity contribution in [2.45, 2.75) is 31.8 Å². The highest BCUT2D eigenvalue weighted by molar-refractivity contribution is 5.47. The van der Waals surface area contributed by atoms with Crippen molar-refractivity contribution < 1.29 is 9.47 Å². The third-order valence-corrected chi connectivity index (χ3v) is 6.31. The second-order valence-corrected chi connectivity index (χ2v) is 8.28. The average molecular weight is 410 g/mol. The van der Waals surface area contributed by atoms with Gasteiger partial charge in [0.2, 0.25) is 0 Å². The molecule has 1 N–H and O–H groups in total. The van der Waals surface area contributed by atoms with Crippen LogP contribution in [0.25, 0.3) is 0 Å². The van der Waals surface area contributed by atoms with Gasteiger partial charge in [-0.2, -0.15) is 0 Å². The summed E-state index contributed by atoms with van der Waals surface area (Å²) in [6.07, 6.45) is 4.01. The van der Waals surface area contributed by atoms with E-state index in [1.54, 1.807) is 7.11 Å². The molecule has 0 aromatic heterocycles. The summed E-state index contributed by atoms with van der Waals surface area (Å²) >= 11 is 0. The molecule has 2 aromatic rings. The Morgan fingerprint density at radius 1 is 0.900 bits per heavy atom. The topological polar surface area (TPSA) is 37.0 Å². The molecule has 0 aliphatic carbocycles. The maximum Gasteiger partial charge on any atom is 0.118 e. The van der Waals surface area contributed by atoms with Gasteiger partial charge in [-0.15, -0.1) is 0 Å². The molecule has 2 aliphatic heterocycles. The summed E-state index contributed by atoms with van der Waals surface area (Å²) < 4.78 is 10.9. The molecule has 5 heteroatoms. The minimum Gasteiger partial charge on any atom is -0.497 e. The van der Waals surface area contributed by atoms with Gasteiger partial charge in [-0.05, 0) is 54.7 Å². The molecule has 1 atom stereocenters. The van der Waals surface area contributed by atoms with E-state index in [1.165, 1.54) is 49.2 Å². The molecule has 2 heterocycles. The Labute approximate surface area is 181 Å². The zero-order chi connectivity index (χ0) is 20.6. The Hall–Kier alpha value is -2.08. The quantitative estimate of drug-likeness (QED) is 0.717. The summed E-state index contributed by atoms with van der Waals surface area (Å²) in [6.45, 7) is 7.76. The molecule has 0 radical (unpaired) electrons. The van der Waals surface area contributed by atoms with Crippen LogP contribution in [0.3, 0.4) is 0 Å². The zero-order valence-corrected chi connectivity index (χ0v) is 18.2. The van der Waals surface area contributed by atoms with E-state index in [2.05, 4.69) is 63.6 Å². The normalized spacial score (nSPS) is 18.9. The molecular formula is C25H35N3O2. The number of ether oxygens (including phenoxy) is 2. The van der Waals surface area contributed by atoms with Crippen LogP contribution in [-0.4, -0.2) is 57.9 Å². The molecule has 0 amide bonds. The smallest absolute Gasteiger partial charge is 0.118 e. The van der Waals surface area contributed by atoms with Crippen molar-refractivity contribution in [3.8, 4) is 5.75 Å². The van der Waals surface area contributed by atoms with Crippen LogP contribution in [0.15, 0.2) is 48.5 Å². The van der Waals surface area contributed by atoms with Gasteiger partial charge in [0, 0.05) is 51.0 Å². The van der Waals surface area contributed by atoms with Gasteiger partial charge in [-0.25, -0.2) is 0 Å². The first-order valence-electron chi connectivity index (χ1n) is 11.3. The fourth-order valence-electron chi connectivity index (χ4n) is 4.50. The summed E-state index contributed by atoms with van der Waals surface area (Å²) in [5, 5.41) is 3.70. The van der Waals surface area contributed by atoms with Crippen molar-refractivity contribution in [1.82, 2.24) is 10.2 Å². The third kappa shape index (κ3) is 5.54. The number of anilines is 1. The standard InChI is InChI=1S/C25H35N3O2/c1-29-24-11-7-22(8-12-24)25(28-15-17-30-18-16-28)20-26-19-21-5-9-23(10-6-21)27-13-3-2-4-14-27/h5-12,25-26H,2-4,13-20H2,1H3. The minimum absolute atomic E-state index is 0.340. The Morgan fingerprint density at radius 2 is 1.60 bits per heavy atom. The van der Waals surface area contributed by atoms with Crippen molar-refractivity contribution in [3.05, 3.63) is 59.7 Å². The van der Waals surface area contributed by atoms with Gasteiger partial charge in [0.1, 0.15) is 5.75 Å². The molecule has 2 saturated heterocycles. The lowest BCUT2D eigenvalue weighted by molar-refractivity contribution is 0.0161. The van der Waals surface area contributed by atoms with E-state index < -0.39 is 0 Å². The summed E-state index contributed by atoms with van der Waals surface area (Å²) in [5.74, 6) is 0.904. The SMILES string of the molecule is COc1ccc(C(CNCc2ccc(N3CCCCC3)cc2)N2CCOCC2)cc1. The molecule has 0 bridgehead atoms. The van der Waals surface area contributed by atoms with Gasteiger partial charge in [-0.3, -0.25) is 4.90 Å². The Kier molecular flexibility index (Phi) is 7.62. The second-order valence-electron chi connectivity index (χ2n) is 8.28. The molecule has 2 aliphatic rings. The predicted molar refractivity (Wildman–Crippen MR) is 122 cm³/mol. The molecule has 2 fully saturated rings. The lowest BCUT2D eigenvalue weighted by Crippen LogP contribution is -2.42. The van der Waals surface area contributed by atoms with E-state index in [-0.39, 0.29) is 0 Å². The number of hydrogen-bond donors (Lipinski definition) is 1. The maximum absolute atomic E-state index is 5.57. The largest absolute Gasteiger partial charge is 0.497 e. The molecule has 30 heavy (non-hydrogen) atoms. The number of morpholine rings is 1. The number of nitrogens with zero attached hydrogens (tertiary/aromatic N) is 2. The van der Waals surface area contributed by atoms with E-state index in [9.17, 15) is 0 Å². The van der Waals surface area contributed by atoms with Crippen molar-refractivity contribution in [2.75, 3.05) is 57.9 Å². The number of rotatable bonds is 8. The van der Waals surface area contributed by atoms with Crippen LogP contribution in [0.1, 0.15) is 36.4 Å². The first-order valence-corrected chi connectivity index (χ1v) is 11.3. The van der Waals surface area contributed by atoms with Crippen LogP contribution in [0.4, 0.5) is 5.69 Å². The van der Waals surface area contributed by atoms with Gasteiger partial charge in [0.15, 0.2) is 0 Å². The van der Waals surface area contributed by atoms with E-state index in [4.69, 9.17) is 9.47 Å². The van der Waals surface area contributed by atoms with Crippen molar-refractivity contribution >= 4 is 5.69 Å². The van der Waals surface area contributed by atoms with Crippen LogP contribution in [-0.2, 0) is 11.3 Å². The van der Waals surface area contributed by atoms with Crippen molar-refractivity contribution in [3.63, 3.8) is 0 Å². The van der Waals surface area contributed by atoms with Crippen molar-refractivity contribution in [1.29, 1.82) is 0 Å². The highest BCUT2D eigenvalue weighted by Crippen LogP contribution is 2.24. The molecule has 2 aromatic carbocycles. The van der Waals surface area contributed by atoms with Gasteiger partial charge >= 0.3 is 0 Å². The van der Waals surface area contributed by atoms with E-state index >= 15 is 0 Å². The lowest BCUT2D eigenvalue weighted by Gasteiger charge is -2.35. The molecule has 5 nitrogen and oxygen atoms in total. The number of benzene rings is 2. The van der Waals surface area contributed by atoms with Crippen LogP contribution in [0, 0.1) is 0 Å². The van der Waals surface area contributed by atoms with E-state index in [1.807, 2.05) is 0 Å². The number of hydrogen-bond acceptors (Lipinski definition) is 5. The number of nitrogens with one attached hydrogen (secondary N) is 1. The van der Waals surface area contributed by atoms with E-state index in [0.717, 1.165) is 45.1 Å². The maximum atomic E-state index is 5.57. The second kappa shape index (κ2) is 10.8. The first kappa shape index (κ1) is 21.2. The molecule has 162 valence electrons. The summed E-state index contributed by atoms with van der Waals surface area (Å²) in [6, 6.07) is 17.9. The van der Waals surface area contributed by atoms with Crippen LogP contribution in [0.5, 0.6) is 5.75 Å². The monoisotopic (exact) mass is 409 g/mol. The fourth-order valence-corrected chi connectivity index (χ4v) is 4.50. The Morgan fingerprint density at radius 3 is 2.27 bits per heavy atom. The van der Waals surface area contributed by atoms with Gasteiger partial charge < -0.3 is 19.7 Å². The van der Waals surface area contributed by atoms with Crippen molar-refractivity contribution in [2.24, 2.45) is 0 Å². The van der Waals surface area contributed by atoms with Gasteiger partial charge in [-0.1, -0.05) is 24.3 Å². The summed E-state index contributed by atoms with van der Waals surface area (Å²) in [5.41, 5.74) is 4.03. The molecule has 0 saturated carbocycles. The highest BCUT2D eigenvalue weighted by atomic mass is 16.5. The third-order valence-electron chi connectivity index (χ3n) is 6.31. The number of piperidine rings is 1. The first-order chi connectivity index (χ1) is 14.8. The minimum atomic E-state index is 0.340. The molecule has 0 spiro atoms. The predicted octanol–water partition coefficient (Wildman–Crippen LogP) is 3.85. The molecule has 1 unspecified atom stereocenters. The zero-order valence-electron chi connectivity index (χ0n) is 18.2. The van der Waals surface area contributed by atoms with Crippen LogP contribution < -0.4 is 15.0 Å². The Bertz CT molecular complexity index is 751. The summed E-state index contributed by atoms with van der Waals surface area (Å²) in [4.78, 5) is 5.04. The fraction of sp³-hybridized carbons (Fsp3) is 0.520. The molecular weight excluding hydrogens is 374 g/mol. The van der Waals surface area contributed by atoms with Crippen LogP contribution in [0.2, 0.25) is 0 Å². The van der Waals surface area contributed by atoms with Gasteiger partial charge in [0.25, 0.3) is 0 Å². The van der Waals surface area contributed by atoms with Gasteiger partial charge in [0.05, 0.1) is 20.3 Å². The average Bonchev–Trinajstić information content (AvgIpc) is 2.83. The van der Waals surface area contributed by atoms with Crippen LogP contribution >= 0.6 is 0 Å². The summed E-state index contributed by atoms with van der Waals surface area (Å²) in [7, 11) is 1.71. The molecule has 4 rings (SSSR count). The lowest BCUT2D eigenvalue weighted by atomic mass is 10.0. The number of methoxy groups -OCH3 is 1. The Balaban J connectivity index is 1.35. The van der Waals surface area contributed by atoms with E-state index in [0.29, 0.717) is 6.04 Å².